The van der Waals surface area contributed by atoms with Crippen LogP contribution in [-0.2, 0) is 14.3 Å². The molecule has 0 unspecified atom stereocenters. The second kappa shape index (κ2) is 12.5. The number of rotatable bonds is 8. The summed E-state index contributed by atoms with van der Waals surface area (Å²) in [7, 11) is 0. The Bertz CT molecular complexity index is 1200. The molecule has 262 valence electrons. The molecule has 0 amide bonds. The summed E-state index contributed by atoms with van der Waals surface area (Å²) >= 11 is 0. The third-order valence-electron chi connectivity index (χ3n) is 14.2. The maximum atomic E-state index is 14.2. The monoisotopic (exact) mass is 650 g/mol. The van der Waals surface area contributed by atoms with E-state index < -0.39 is 66.3 Å². The fourth-order valence-corrected chi connectivity index (χ4v) is 10.3. The van der Waals surface area contributed by atoms with Crippen molar-refractivity contribution in [2.75, 3.05) is 13.2 Å². The van der Waals surface area contributed by atoms with Crippen LogP contribution in [0, 0.1) is 44.8 Å². The van der Waals surface area contributed by atoms with Crippen LogP contribution in [0.3, 0.4) is 0 Å². The molecule has 0 aromatic rings. The largest absolute Gasteiger partial charge is 0.432 e. The minimum Gasteiger partial charge on any atom is -0.432 e. The summed E-state index contributed by atoms with van der Waals surface area (Å²) in [4.78, 5) is 14.2. The van der Waals surface area contributed by atoms with Crippen molar-refractivity contribution in [1.82, 2.24) is 0 Å². The lowest BCUT2D eigenvalue weighted by Crippen LogP contribution is -2.64. The molecule has 0 aromatic heterocycles. The summed E-state index contributed by atoms with van der Waals surface area (Å²) in [6.45, 7) is 12.0. The molecular weight excluding hydrogens is 592 g/mol. The number of aliphatic hydroxyl groups excluding tert-OH is 7. The number of aliphatic hydroxyl groups is 7. The Hall–Kier alpha value is -1.37. The number of fused-ring (bicyclic) bond motifs is 5. The van der Waals surface area contributed by atoms with Crippen LogP contribution in [0.1, 0.15) is 92.9 Å². The van der Waals surface area contributed by atoms with Gasteiger partial charge < -0.3 is 45.2 Å². The quantitative estimate of drug-likeness (QED) is 0.193. The number of carbonyl (C=O) groups excluding carboxylic acids is 1. The van der Waals surface area contributed by atoms with Gasteiger partial charge in [-0.15, -0.1) is 0 Å². The van der Waals surface area contributed by atoms with Gasteiger partial charge in [-0.25, -0.2) is 0 Å². The molecule has 2 saturated carbocycles. The highest BCUT2D eigenvalue weighted by Gasteiger charge is 2.66. The molecule has 15 atom stereocenters. The van der Waals surface area contributed by atoms with E-state index in [1.165, 1.54) is 0 Å². The van der Waals surface area contributed by atoms with Crippen molar-refractivity contribution in [1.29, 1.82) is 0 Å². The van der Waals surface area contributed by atoms with Crippen LogP contribution in [0.15, 0.2) is 23.8 Å². The SMILES string of the molecule is C[C@H](CC[C@@]1(C(=O)O[C@H]2O[C@@H](CO)[C@H](O)[C@@H](O)[C@@H]2O)C=C2C=C[C@@H]3[C@@]4(C)CC[C@@H](O)[C@](C)(CO)[C@H]4CC[C@@]3(C)[C@]2(C)CC1)[C@@H](C)O. The van der Waals surface area contributed by atoms with E-state index >= 15 is 0 Å². The van der Waals surface area contributed by atoms with Gasteiger partial charge in [-0.3, -0.25) is 4.79 Å². The average molecular weight is 651 g/mol. The van der Waals surface area contributed by atoms with E-state index in [0.717, 1.165) is 24.8 Å². The molecule has 0 radical (unpaired) electrons. The van der Waals surface area contributed by atoms with Crippen LogP contribution in [0.4, 0.5) is 0 Å². The fraction of sp³-hybridized carbons (Fsp3) is 0.861. The van der Waals surface area contributed by atoms with Crippen LogP contribution in [0.25, 0.3) is 0 Å². The Morgan fingerprint density at radius 3 is 2.30 bits per heavy atom. The number of hydrogen-bond donors (Lipinski definition) is 7. The van der Waals surface area contributed by atoms with E-state index in [4.69, 9.17) is 9.47 Å². The van der Waals surface area contributed by atoms with Crippen LogP contribution in [-0.4, -0.2) is 97.8 Å². The highest BCUT2D eigenvalue weighted by molar-refractivity contribution is 5.80. The molecule has 10 nitrogen and oxygen atoms in total. The van der Waals surface area contributed by atoms with E-state index in [9.17, 15) is 40.5 Å². The van der Waals surface area contributed by atoms with Crippen molar-refractivity contribution in [3.05, 3.63) is 23.8 Å². The molecule has 46 heavy (non-hydrogen) atoms. The normalized spacial score (nSPS) is 50.0. The number of carbonyl (C=O) groups is 1. The molecule has 0 aromatic carbocycles. The number of ether oxygens (including phenoxy) is 2. The van der Waals surface area contributed by atoms with Gasteiger partial charge in [0.15, 0.2) is 0 Å². The van der Waals surface area contributed by atoms with Gasteiger partial charge in [-0.2, -0.15) is 0 Å². The molecule has 5 rings (SSSR count). The van der Waals surface area contributed by atoms with Gasteiger partial charge in [0, 0.05) is 5.41 Å². The van der Waals surface area contributed by atoms with Gasteiger partial charge in [-0.05, 0) is 97.9 Å². The smallest absolute Gasteiger partial charge is 0.318 e. The Morgan fingerprint density at radius 1 is 0.978 bits per heavy atom. The number of esters is 1. The van der Waals surface area contributed by atoms with Crippen molar-refractivity contribution in [2.24, 2.45) is 44.8 Å². The van der Waals surface area contributed by atoms with E-state index in [2.05, 4.69) is 32.9 Å². The third-order valence-corrected chi connectivity index (χ3v) is 14.2. The number of allylic oxidation sites excluding steroid dienone is 3. The summed E-state index contributed by atoms with van der Waals surface area (Å²) < 4.78 is 11.3. The first-order chi connectivity index (χ1) is 21.4. The highest BCUT2D eigenvalue weighted by atomic mass is 16.7. The Labute approximate surface area is 273 Å². The number of hydrogen-bond acceptors (Lipinski definition) is 10. The highest BCUT2D eigenvalue weighted by Crippen LogP contribution is 2.72. The predicted molar refractivity (Wildman–Crippen MR) is 170 cm³/mol. The summed E-state index contributed by atoms with van der Waals surface area (Å²) in [5, 5.41) is 72.6. The van der Waals surface area contributed by atoms with Gasteiger partial charge in [0.1, 0.15) is 24.4 Å². The van der Waals surface area contributed by atoms with E-state index in [-0.39, 0.29) is 40.6 Å². The minimum absolute atomic E-state index is 0.0477. The maximum Gasteiger partial charge on any atom is 0.318 e. The zero-order valence-electron chi connectivity index (χ0n) is 28.4. The van der Waals surface area contributed by atoms with Crippen LogP contribution in [0.2, 0.25) is 0 Å². The zero-order chi connectivity index (χ0) is 34.0. The summed E-state index contributed by atoms with van der Waals surface area (Å²) in [6.07, 6.45) is 3.17. The van der Waals surface area contributed by atoms with Crippen molar-refractivity contribution < 1.29 is 50.0 Å². The average Bonchev–Trinajstić information content (AvgIpc) is 3.02. The van der Waals surface area contributed by atoms with Gasteiger partial charge in [-0.1, -0.05) is 52.8 Å². The Morgan fingerprint density at radius 2 is 1.67 bits per heavy atom. The molecule has 1 aliphatic heterocycles. The van der Waals surface area contributed by atoms with Crippen molar-refractivity contribution in [3.63, 3.8) is 0 Å². The summed E-state index contributed by atoms with van der Waals surface area (Å²) in [5.74, 6) is -0.308. The molecule has 0 spiro atoms. The minimum atomic E-state index is -1.69. The van der Waals surface area contributed by atoms with E-state index in [1.807, 2.05) is 19.9 Å². The van der Waals surface area contributed by atoms with Crippen molar-refractivity contribution in [2.45, 2.75) is 136 Å². The first kappa shape index (κ1) is 35.9. The van der Waals surface area contributed by atoms with Crippen molar-refractivity contribution >= 4 is 5.97 Å². The molecular formula is C36H58O10. The lowest BCUT2D eigenvalue weighted by molar-refractivity contribution is -0.295. The Kier molecular flexibility index (Phi) is 9.77. The molecule has 4 aliphatic carbocycles. The molecule has 3 fully saturated rings. The molecule has 0 bridgehead atoms. The topological polar surface area (TPSA) is 177 Å². The van der Waals surface area contributed by atoms with Crippen molar-refractivity contribution in [3.8, 4) is 0 Å². The van der Waals surface area contributed by atoms with Crippen LogP contribution >= 0.6 is 0 Å². The molecule has 1 heterocycles. The zero-order valence-corrected chi connectivity index (χ0v) is 28.4. The first-order valence-corrected chi connectivity index (χ1v) is 17.3. The third kappa shape index (κ3) is 5.34. The molecule has 5 aliphatic rings. The fourth-order valence-electron chi connectivity index (χ4n) is 10.3. The summed E-state index contributed by atoms with van der Waals surface area (Å²) in [5.41, 5.74) is -1.12. The molecule has 7 N–H and O–H groups in total. The first-order valence-electron chi connectivity index (χ1n) is 17.3. The maximum absolute atomic E-state index is 14.2. The standard InChI is InChI=1S/C36H58O10/c1-20(21(2)39)9-14-36(31(44)46-30-29(43)28(42)27(41)23(18-37)45-30)16-15-34(5)22(17-36)7-8-25-32(3)12-11-26(40)33(4,19-38)24(32)10-13-35(25,34)6/h7-8,17,20-21,23-30,37-43H,9-16,18-19H2,1-6H3/t20-,21-,23+,24+,25-,26-,27+,28-,29+,30-,32+,33-,34-,35-,36+/m1/s1. The van der Waals surface area contributed by atoms with E-state index in [0.29, 0.717) is 32.1 Å². The lowest BCUT2D eigenvalue weighted by atomic mass is 9.36. The van der Waals surface area contributed by atoms with Gasteiger partial charge in [0.05, 0.1) is 30.8 Å². The molecule has 10 heteroatoms. The van der Waals surface area contributed by atoms with Gasteiger partial charge in [0.2, 0.25) is 6.29 Å². The van der Waals surface area contributed by atoms with Crippen LogP contribution < -0.4 is 0 Å². The second-order valence-electron chi connectivity index (χ2n) is 16.5. The lowest BCUT2D eigenvalue weighted by Gasteiger charge is -2.68. The van der Waals surface area contributed by atoms with E-state index in [1.54, 1.807) is 6.92 Å². The van der Waals surface area contributed by atoms with Gasteiger partial charge in [0.25, 0.3) is 0 Å². The molecule has 1 saturated heterocycles. The van der Waals surface area contributed by atoms with Gasteiger partial charge >= 0.3 is 5.97 Å². The predicted octanol–water partition coefficient (Wildman–Crippen LogP) is 2.60. The van der Waals surface area contributed by atoms with Crippen LogP contribution in [0.5, 0.6) is 0 Å². The Balaban J connectivity index is 1.51. The second-order valence-corrected chi connectivity index (χ2v) is 16.5. The summed E-state index contributed by atoms with van der Waals surface area (Å²) in [6, 6.07) is 0.